The molecule has 20 heavy (non-hydrogen) atoms. The van der Waals surface area contributed by atoms with Crippen LogP contribution >= 0.6 is 0 Å². The molecule has 2 unspecified atom stereocenters. The van der Waals surface area contributed by atoms with Gasteiger partial charge in [0.15, 0.2) is 15.7 Å². The van der Waals surface area contributed by atoms with E-state index in [1.165, 1.54) is 0 Å². The number of halogens is 3. The molecule has 0 N–H and O–H groups in total. The van der Waals surface area contributed by atoms with Crippen LogP contribution in [0.15, 0.2) is 11.9 Å². The van der Waals surface area contributed by atoms with Gasteiger partial charge in [-0.3, -0.25) is 4.79 Å². The Morgan fingerprint density at radius 2 is 1.55 bits per heavy atom. The summed E-state index contributed by atoms with van der Waals surface area (Å²) in [7, 11) is -3.13. The lowest BCUT2D eigenvalue weighted by Crippen LogP contribution is -2.45. The van der Waals surface area contributed by atoms with Crippen molar-refractivity contribution in [1.82, 2.24) is 0 Å². The first-order chi connectivity index (χ1) is 9.32. The minimum Gasteiger partial charge on any atom is -0.299 e. The molecule has 2 aliphatic heterocycles. The second-order valence-corrected chi connectivity index (χ2v) is 8.08. The van der Waals surface area contributed by atoms with Gasteiger partial charge in [-0.1, -0.05) is 6.42 Å². The number of ketones is 1. The minimum absolute atomic E-state index is 0.265. The number of sulfone groups is 1. The molecule has 2 fully saturated rings. The zero-order chi connectivity index (χ0) is 14.9. The molecule has 0 aromatic heterocycles. The molecule has 2 rings (SSSR count). The highest BCUT2D eigenvalue weighted by molar-refractivity contribution is 7.92. The number of Topliss-reactive ketones (excluding diaryl/α,β-unsaturated/α-hetero) is 1. The monoisotopic (exact) mass is 310 g/mol. The lowest BCUT2D eigenvalue weighted by atomic mass is 9.85. The third-order valence-corrected chi connectivity index (χ3v) is 7.04. The number of hydrogen-bond donors (Lipinski definition) is 0. The van der Waals surface area contributed by atoms with E-state index in [4.69, 9.17) is 0 Å². The first kappa shape index (κ1) is 15.5. The molecule has 0 amide bonds. The van der Waals surface area contributed by atoms with Crippen LogP contribution in [0.3, 0.4) is 0 Å². The lowest BCUT2D eigenvalue weighted by Gasteiger charge is -2.38. The van der Waals surface area contributed by atoms with Gasteiger partial charge in [-0.25, -0.2) is 12.8 Å². The Kier molecular flexibility index (Phi) is 4.56. The van der Waals surface area contributed by atoms with Crippen LogP contribution in [0.1, 0.15) is 44.9 Å². The van der Waals surface area contributed by atoms with Gasteiger partial charge in [-0.05, 0) is 25.7 Å². The van der Waals surface area contributed by atoms with E-state index in [9.17, 15) is 26.4 Å². The van der Waals surface area contributed by atoms with E-state index in [2.05, 4.69) is 0 Å². The van der Waals surface area contributed by atoms with E-state index in [1.54, 1.807) is 0 Å². The van der Waals surface area contributed by atoms with Crippen LogP contribution < -0.4 is 0 Å². The topological polar surface area (TPSA) is 51.2 Å². The summed E-state index contributed by atoms with van der Waals surface area (Å²) >= 11 is 0. The molecular weight excluding hydrogens is 293 g/mol. The van der Waals surface area contributed by atoms with Crippen LogP contribution in [0.25, 0.3) is 0 Å². The van der Waals surface area contributed by atoms with Crippen molar-refractivity contribution in [2.24, 2.45) is 5.92 Å². The van der Waals surface area contributed by atoms with Crippen molar-refractivity contribution >= 4 is 15.6 Å². The maximum atomic E-state index is 12.7. The predicted molar refractivity (Wildman–Crippen MR) is 67.7 cm³/mol. The Morgan fingerprint density at radius 3 is 2.05 bits per heavy atom. The third-order valence-electron chi connectivity index (χ3n) is 4.33. The van der Waals surface area contributed by atoms with Gasteiger partial charge in [0, 0.05) is 18.8 Å². The zero-order valence-corrected chi connectivity index (χ0v) is 11.8. The van der Waals surface area contributed by atoms with Gasteiger partial charge in [0.2, 0.25) is 0 Å². The molecule has 3 nitrogen and oxygen atoms in total. The summed E-state index contributed by atoms with van der Waals surface area (Å²) < 4.78 is 60.6. The largest absolute Gasteiger partial charge is 0.301 e. The van der Waals surface area contributed by atoms with Crippen LogP contribution in [0.4, 0.5) is 13.2 Å². The molecule has 0 saturated carbocycles. The second-order valence-electron chi connectivity index (χ2n) is 5.56. The molecule has 0 aromatic rings. The van der Waals surface area contributed by atoms with E-state index in [0.29, 0.717) is 12.8 Å². The van der Waals surface area contributed by atoms with Crippen LogP contribution in [0.2, 0.25) is 0 Å². The Morgan fingerprint density at radius 1 is 1.00 bits per heavy atom. The number of carbonyl (C=O) groups excluding carboxylic acids is 1. The van der Waals surface area contributed by atoms with E-state index in [1.807, 2.05) is 0 Å². The highest BCUT2D eigenvalue weighted by Crippen LogP contribution is 2.40. The quantitative estimate of drug-likeness (QED) is 0.801. The number of carbonyl (C=O) groups is 1. The summed E-state index contributed by atoms with van der Waals surface area (Å²) in [6, 6.07) is 0. The lowest BCUT2D eigenvalue weighted by molar-refractivity contribution is -0.123. The Labute approximate surface area is 116 Å². The van der Waals surface area contributed by atoms with Crippen molar-refractivity contribution in [1.29, 1.82) is 0 Å². The number of allylic oxidation sites excluding steroid dienone is 1. The second kappa shape index (κ2) is 5.87. The van der Waals surface area contributed by atoms with Crippen molar-refractivity contribution in [3.05, 3.63) is 11.9 Å². The molecule has 2 bridgehead atoms. The van der Waals surface area contributed by atoms with Gasteiger partial charge in [-0.2, -0.15) is 8.78 Å². The number of rotatable bonds is 4. The molecule has 0 aliphatic carbocycles. The van der Waals surface area contributed by atoms with Crippen molar-refractivity contribution in [2.45, 2.75) is 55.4 Å². The third kappa shape index (κ3) is 3.07. The smallest absolute Gasteiger partial charge is 0.299 e. The summed E-state index contributed by atoms with van der Waals surface area (Å²) in [5.74, 6) is -2.28. The average molecular weight is 310 g/mol. The molecule has 114 valence electrons. The fourth-order valence-electron chi connectivity index (χ4n) is 3.20. The van der Waals surface area contributed by atoms with E-state index < -0.39 is 44.6 Å². The van der Waals surface area contributed by atoms with Gasteiger partial charge < -0.3 is 0 Å². The predicted octanol–water partition coefficient (Wildman–Crippen LogP) is 3.16. The molecular formula is C13H17F3O3S. The normalized spacial score (nSPS) is 31.6. The maximum absolute atomic E-state index is 12.7. The van der Waals surface area contributed by atoms with E-state index in [-0.39, 0.29) is 25.0 Å². The molecule has 2 aliphatic rings. The van der Waals surface area contributed by atoms with Gasteiger partial charge in [0.25, 0.3) is 0 Å². The van der Waals surface area contributed by atoms with Crippen LogP contribution in [0, 0.1) is 5.92 Å². The minimum atomic E-state index is -3.13. The first-order valence-corrected chi connectivity index (χ1v) is 8.38. The Hall–Kier alpha value is -0.850. The van der Waals surface area contributed by atoms with Crippen molar-refractivity contribution < 1.29 is 26.4 Å². The molecule has 2 heterocycles. The van der Waals surface area contributed by atoms with E-state index >= 15 is 0 Å². The SMILES string of the molecule is O=C(CCC(F)=C(F)F)C1CC2CCCC(C1)S2(=O)=O. The van der Waals surface area contributed by atoms with E-state index in [0.717, 1.165) is 6.42 Å². The van der Waals surface area contributed by atoms with Gasteiger partial charge >= 0.3 is 6.08 Å². The molecule has 0 spiro atoms. The zero-order valence-electron chi connectivity index (χ0n) is 10.9. The van der Waals surface area contributed by atoms with Crippen LogP contribution in [-0.2, 0) is 14.6 Å². The summed E-state index contributed by atoms with van der Waals surface area (Å²) in [4.78, 5) is 11.9. The van der Waals surface area contributed by atoms with Crippen molar-refractivity contribution in [2.75, 3.05) is 0 Å². The standard InChI is InChI=1S/C13H17F3O3S/c14-11(13(15)16)4-5-12(17)8-6-9-2-1-3-10(7-8)20(9,18)19/h8-10H,1-7H2. The number of fused-ring (bicyclic) bond motifs is 2. The molecule has 0 radical (unpaired) electrons. The summed E-state index contributed by atoms with van der Waals surface area (Å²) in [6.45, 7) is 0. The highest BCUT2D eigenvalue weighted by Gasteiger charge is 2.45. The average Bonchev–Trinajstić information content (AvgIpc) is 2.33. The van der Waals surface area contributed by atoms with Gasteiger partial charge in [-0.15, -0.1) is 0 Å². The maximum Gasteiger partial charge on any atom is 0.301 e. The van der Waals surface area contributed by atoms with Gasteiger partial charge in [0.05, 0.1) is 10.5 Å². The fourth-order valence-corrected chi connectivity index (χ4v) is 5.74. The van der Waals surface area contributed by atoms with Crippen LogP contribution in [-0.4, -0.2) is 24.7 Å². The fraction of sp³-hybridized carbons (Fsp3) is 0.769. The highest BCUT2D eigenvalue weighted by atomic mass is 32.2. The van der Waals surface area contributed by atoms with Crippen molar-refractivity contribution in [3.8, 4) is 0 Å². The Bertz CT molecular complexity index is 503. The number of hydrogen-bond acceptors (Lipinski definition) is 3. The molecule has 7 heteroatoms. The molecule has 2 atom stereocenters. The van der Waals surface area contributed by atoms with Crippen molar-refractivity contribution in [3.63, 3.8) is 0 Å². The summed E-state index contributed by atoms with van der Waals surface area (Å²) in [6.07, 6.45) is -0.762. The van der Waals surface area contributed by atoms with Crippen LogP contribution in [0.5, 0.6) is 0 Å². The Balaban J connectivity index is 1.98. The molecule has 2 saturated heterocycles. The summed E-state index contributed by atoms with van der Waals surface area (Å²) in [5, 5.41) is -0.968. The van der Waals surface area contributed by atoms with Gasteiger partial charge in [0.1, 0.15) is 5.78 Å². The first-order valence-electron chi connectivity index (χ1n) is 6.77. The summed E-state index contributed by atoms with van der Waals surface area (Å²) in [5.41, 5.74) is 0. The molecule has 0 aromatic carbocycles.